The molecule has 1 spiro atoms. The zero-order valence-corrected chi connectivity index (χ0v) is 6.88. The van der Waals surface area contributed by atoms with E-state index in [0.717, 1.165) is 26.3 Å². The average Bonchev–Trinajstić information content (AvgIpc) is 2.01. The number of hydrogen-bond acceptors (Lipinski definition) is 2. The van der Waals surface area contributed by atoms with Gasteiger partial charge in [-0.2, -0.15) is 0 Å². The van der Waals surface area contributed by atoms with Crippen molar-refractivity contribution < 1.29 is 4.74 Å². The van der Waals surface area contributed by atoms with Gasteiger partial charge in [0, 0.05) is 25.1 Å². The van der Waals surface area contributed by atoms with E-state index in [0.29, 0.717) is 5.41 Å². The van der Waals surface area contributed by atoms with Gasteiger partial charge in [-0.3, -0.25) is 0 Å². The third-order valence-corrected chi connectivity index (χ3v) is 2.74. The molecule has 2 heterocycles. The number of rotatable bonds is 1. The van der Waals surface area contributed by atoms with Crippen LogP contribution in [0.3, 0.4) is 0 Å². The minimum atomic E-state index is 0.506. The van der Waals surface area contributed by atoms with Crippen LogP contribution in [0.15, 0.2) is 12.8 Å². The quantitative estimate of drug-likeness (QED) is 0.562. The lowest BCUT2D eigenvalue weighted by molar-refractivity contribution is -0.0829. The van der Waals surface area contributed by atoms with E-state index in [1.54, 1.807) is 0 Å². The minimum Gasteiger partial charge on any atom is -0.381 e. The molecule has 0 radical (unpaired) electrons. The first-order valence-electron chi connectivity index (χ1n) is 4.29. The number of hydrogen-bond donors (Lipinski definition) is 0. The first-order valence-corrected chi connectivity index (χ1v) is 4.29. The van der Waals surface area contributed by atoms with Crippen molar-refractivity contribution >= 4 is 0 Å². The van der Waals surface area contributed by atoms with Crippen molar-refractivity contribution in [2.75, 3.05) is 26.3 Å². The molecule has 0 aromatic rings. The highest BCUT2D eigenvalue weighted by molar-refractivity contribution is 4.99. The van der Waals surface area contributed by atoms with Crippen LogP contribution < -0.4 is 0 Å². The molecule has 2 saturated heterocycles. The Labute approximate surface area is 67.8 Å². The summed E-state index contributed by atoms with van der Waals surface area (Å²) in [4.78, 5) is 2.26. The molecule has 0 bridgehead atoms. The van der Waals surface area contributed by atoms with E-state index in [4.69, 9.17) is 4.74 Å². The van der Waals surface area contributed by atoms with Gasteiger partial charge in [0.15, 0.2) is 0 Å². The fourth-order valence-corrected chi connectivity index (χ4v) is 2.10. The molecule has 0 atom stereocenters. The fraction of sp³-hybridized carbons (Fsp3) is 0.778. The van der Waals surface area contributed by atoms with Crippen molar-refractivity contribution in [3.8, 4) is 0 Å². The van der Waals surface area contributed by atoms with E-state index in [9.17, 15) is 0 Å². The number of ether oxygens (including phenoxy) is 1. The van der Waals surface area contributed by atoms with Crippen LogP contribution in [-0.2, 0) is 4.74 Å². The van der Waals surface area contributed by atoms with Crippen molar-refractivity contribution in [2.45, 2.75) is 12.8 Å². The summed E-state index contributed by atoms with van der Waals surface area (Å²) in [5.74, 6) is 0. The highest BCUT2D eigenvalue weighted by atomic mass is 16.5. The predicted molar refractivity (Wildman–Crippen MR) is 44.3 cm³/mol. The van der Waals surface area contributed by atoms with Gasteiger partial charge in [-0.1, -0.05) is 6.58 Å². The molecule has 2 nitrogen and oxygen atoms in total. The molecule has 2 fully saturated rings. The predicted octanol–water partition coefficient (Wildman–Crippen LogP) is 1.24. The first-order chi connectivity index (χ1) is 5.35. The second kappa shape index (κ2) is 2.52. The van der Waals surface area contributed by atoms with Crippen LogP contribution in [0.1, 0.15) is 12.8 Å². The van der Waals surface area contributed by atoms with Crippen molar-refractivity contribution in [3.05, 3.63) is 12.8 Å². The van der Waals surface area contributed by atoms with Crippen molar-refractivity contribution in [1.82, 2.24) is 4.90 Å². The Morgan fingerprint density at radius 2 is 2.27 bits per heavy atom. The summed E-state index contributed by atoms with van der Waals surface area (Å²) in [6, 6.07) is 0. The molecule has 0 unspecified atom stereocenters. The van der Waals surface area contributed by atoms with Gasteiger partial charge in [0.2, 0.25) is 0 Å². The summed E-state index contributed by atoms with van der Waals surface area (Å²) in [5.41, 5.74) is 0.506. The normalized spacial score (nSPS) is 28.2. The molecule has 0 aromatic heterocycles. The molecule has 2 aliphatic heterocycles. The van der Waals surface area contributed by atoms with E-state index in [1.165, 1.54) is 12.8 Å². The summed E-state index contributed by atoms with van der Waals surface area (Å²) >= 11 is 0. The van der Waals surface area contributed by atoms with E-state index in [2.05, 4.69) is 11.5 Å². The zero-order chi connectivity index (χ0) is 7.73. The first kappa shape index (κ1) is 7.17. The molecule has 2 rings (SSSR count). The topological polar surface area (TPSA) is 12.5 Å². The monoisotopic (exact) mass is 153 g/mol. The van der Waals surface area contributed by atoms with Gasteiger partial charge in [0.1, 0.15) is 0 Å². The molecule has 0 aromatic carbocycles. The molecule has 2 heteroatoms. The van der Waals surface area contributed by atoms with Crippen LogP contribution in [0, 0.1) is 5.41 Å². The third kappa shape index (κ3) is 1.16. The molecular weight excluding hydrogens is 138 g/mol. The van der Waals surface area contributed by atoms with Gasteiger partial charge in [-0.05, 0) is 19.0 Å². The Morgan fingerprint density at radius 3 is 2.82 bits per heavy atom. The van der Waals surface area contributed by atoms with Gasteiger partial charge >= 0.3 is 0 Å². The fourth-order valence-electron chi connectivity index (χ4n) is 2.10. The van der Waals surface area contributed by atoms with Crippen LogP contribution >= 0.6 is 0 Å². The maximum atomic E-state index is 5.46. The van der Waals surface area contributed by atoms with Crippen LogP contribution in [-0.4, -0.2) is 31.2 Å². The number of nitrogens with zero attached hydrogens (tertiary/aromatic N) is 1. The van der Waals surface area contributed by atoms with Crippen LogP contribution in [0.4, 0.5) is 0 Å². The number of likely N-dealkylation sites (tertiary alicyclic amines) is 1. The Morgan fingerprint density at radius 1 is 1.45 bits per heavy atom. The molecule has 2 aliphatic rings. The molecule has 62 valence electrons. The van der Waals surface area contributed by atoms with E-state index in [1.807, 2.05) is 6.20 Å². The van der Waals surface area contributed by atoms with Crippen LogP contribution in [0.25, 0.3) is 0 Å². The molecule has 11 heavy (non-hydrogen) atoms. The lowest BCUT2D eigenvalue weighted by atomic mass is 9.76. The van der Waals surface area contributed by atoms with E-state index >= 15 is 0 Å². The Bertz CT molecular complexity index is 153. The van der Waals surface area contributed by atoms with Gasteiger partial charge in [0.05, 0.1) is 6.61 Å². The van der Waals surface area contributed by atoms with Crippen molar-refractivity contribution in [2.24, 2.45) is 5.41 Å². The van der Waals surface area contributed by atoms with Gasteiger partial charge < -0.3 is 9.64 Å². The van der Waals surface area contributed by atoms with Crippen LogP contribution in [0.5, 0.6) is 0 Å². The highest BCUT2D eigenvalue weighted by Crippen LogP contribution is 2.37. The minimum absolute atomic E-state index is 0.506. The van der Waals surface area contributed by atoms with E-state index < -0.39 is 0 Å². The summed E-state index contributed by atoms with van der Waals surface area (Å²) in [6.45, 7) is 8.01. The standard InChI is InChI=1S/C9H15NO/c1-2-10-6-9(7-10)4-3-5-11-8-9/h2H,1,3-8H2. The SMILES string of the molecule is C=CN1CC2(CCCOC2)C1. The zero-order valence-electron chi connectivity index (χ0n) is 6.88. The maximum Gasteiger partial charge on any atom is 0.0556 e. The summed E-state index contributed by atoms with van der Waals surface area (Å²) in [6.07, 6.45) is 4.52. The van der Waals surface area contributed by atoms with E-state index in [-0.39, 0.29) is 0 Å². The van der Waals surface area contributed by atoms with Crippen molar-refractivity contribution in [1.29, 1.82) is 0 Å². The summed E-state index contributed by atoms with van der Waals surface area (Å²) < 4.78 is 5.46. The molecule has 0 saturated carbocycles. The maximum absolute atomic E-state index is 5.46. The average molecular weight is 153 g/mol. The summed E-state index contributed by atoms with van der Waals surface area (Å²) in [5, 5.41) is 0. The third-order valence-electron chi connectivity index (χ3n) is 2.74. The Kier molecular flexibility index (Phi) is 1.64. The molecule has 0 aliphatic carbocycles. The Balaban J connectivity index is 1.88. The second-order valence-electron chi connectivity index (χ2n) is 3.74. The lowest BCUT2D eigenvalue weighted by Gasteiger charge is -2.51. The molecular formula is C9H15NO. The smallest absolute Gasteiger partial charge is 0.0556 e. The van der Waals surface area contributed by atoms with Gasteiger partial charge in [0.25, 0.3) is 0 Å². The van der Waals surface area contributed by atoms with Crippen LogP contribution in [0.2, 0.25) is 0 Å². The van der Waals surface area contributed by atoms with Gasteiger partial charge in [-0.25, -0.2) is 0 Å². The van der Waals surface area contributed by atoms with Crippen molar-refractivity contribution in [3.63, 3.8) is 0 Å². The highest BCUT2D eigenvalue weighted by Gasteiger charge is 2.42. The largest absolute Gasteiger partial charge is 0.381 e. The molecule has 0 amide bonds. The Hall–Kier alpha value is -0.500. The summed E-state index contributed by atoms with van der Waals surface area (Å²) in [7, 11) is 0. The second-order valence-corrected chi connectivity index (χ2v) is 3.74. The lowest BCUT2D eigenvalue weighted by Crippen LogP contribution is -2.57. The molecule has 0 N–H and O–H groups in total. The van der Waals surface area contributed by atoms with Gasteiger partial charge in [-0.15, -0.1) is 0 Å².